The Bertz CT molecular complexity index is 581. The van der Waals surface area contributed by atoms with Gasteiger partial charge in [-0.2, -0.15) is 0 Å². The molecule has 3 N–H and O–H groups in total. The average molecular weight is 271 g/mol. The molecule has 2 aromatic rings. The van der Waals surface area contributed by atoms with Gasteiger partial charge in [-0.1, -0.05) is 6.07 Å². The molecule has 0 amide bonds. The van der Waals surface area contributed by atoms with Crippen molar-refractivity contribution in [1.82, 2.24) is 15.0 Å². The van der Waals surface area contributed by atoms with Crippen molar-refractivity contribution < 1.29 is 5.11 Å². The first kappa shape index (κ1) is 12.8. The van der Waals surface area contributed by atoms with E-state index >= 15 is 0 Å². The van der Waals surface area contributed by atoms with Crippen molar-refractivity contribution in [2.24, 2.45) is 0 Å². The summed E-state index contributed by atoms with van der Waals surface area (Å²) in [5, 5.41) is 10.7. The minimum atomic E-state index is -0.807. The van der Waals surface area contributed by atoms with Gasteiger partial charge in [0.05, 0.1) is 18.0 Å². The number of hydrogen-bond acceptors (Lipinski definition) is 6. The largest absolute Gasteiger partial charge is 0.385 e. The highest BCUT2D eigenvalue weighted by atomic mass is 16.3. The van der Waals surface area contributed by atoms with Gasteiger partial charge in [0.15, 0.2) is 0 Å². The van der Waals surface area contributed by atoms with Crippen LogP contribution < -0.4 is 10.6 Å². The van der Waals surface area contributed by atoms with Crippen molar-refractivity contribution in [3.05, 3.63) is 42.5 Å². The molecule has 20 heavy (non-hydrogen) atoms. The highest BCUT2D eigenvalue weighted by Crippen LogP contribution is 2.33. The Balaban J connectivity index is 1.74. The number of hydrogen-bond donors (Lipinski definition) is 2. The molecule has 3 rings (SSSR count). The van der Waals surface area contributed by atoms with Crippen LogP contribution >= 0.6 is 0 Å². The SMILES string of the molecule is Nc1cncc(N2CCC(O)(c3cccnc3)CC2)n1. The molecule has 0 unspecified atom stereocenters. The van der Waals surface area contributed by atoms with E-state index in [2.05, 4.69) is 19.9 Å². The first-order chi connectivity index (χ1) is 9.67. The number of pyridine rings is 1. The fourth-order valence-corrected chi connectivity index (χ4v) is 2.56. The summed E-state index contributed by atoms with van der Waals surface area (Å²) in [6.45, 7) is 1.42. The fraction of sp³-hybridized carbons (Fsp3) is 0.357. The molecular weight excluding hydrogens is 254 g/mol. The van der Waals surface area contributed by atoms with Crippen molar-refractivity contribution >= 4 is 11.6 Å². The Hall–Kier alpha value is -2.21. The molecule has 0 atom stereocenters. The number of nitrogen functional groups attached to an aromatic ring is 1. The average Bonchev–Trinajstić information content (AvgIpc) is 2.49. The number of nitrogens with two attached hydrogens (primary N) is 1. The minimum Gasteiger partial charge on any atom is -0.385 e. The molecule has 6 nitrogen and oxygen atoms in total. The molecule has 0 spiro atoms. The third-order valence-corrected chi connectivity index (χ3v) is 3.75. The standard InChI is InChI=1S/C14H17N5O/c15-12-9-17-10-13(18-12)19-6-3-14(20,4-7-19)11-2-1-5-16-8-11/h1-2,5,8-10,20H,3-4,6-7H2,(H2,15,18). The van der Waals surface area contributed by atoms with Crippen LogP contribution in [0.25, 0.3) is 0 Å². The van der Waals surface area contributed by atoms with Crippen molar-refractivity contribution in [3.8, 4) is 0 Å². The van der Waals surface area contributed by atoms with Crippen molar-refractivity contribution in [3.63, 3.8) is 0 Å². The summed E-state index contributed by atoms with van der Waals surface area (Å²) in [6, 6.07) is 3.77. The first-order valence-electron chi connectivity index (χ1n) is 6.63. The molecule has 1 aliphatic rings. The van der Waals surface area contributed by atoms with Crippen LogP contribution in [0.1, 0.15) is 18.4 Å². The maximum atomic E-state index is 10.7. The van der Waals surface area contributed by atoms with Crippen LogP contribution in [0, 0.1) is 0 Å². The lowest BCUT2D eigenvalue weighted by Gasteiger charge is -2.38. The smallest absolute Gasteiger partial charge is 0.149 e. The first-order valence-corrected chi connectivity index (χ1v) is 6.63. The number of aromatic nitrogens is 3. The van der Waals surface area contributed by atoms with Gasteiger partial charge in [0, 0.05) is 31.0 Å². The zero-order valence-electron chi connectivity index (χ0n) is 11.1. The van der Waals surface area contributed by atoms with E-state index < -0.39 is 5.60 Å². The van der Waals surface area contributed by atoms with Gasteiger partial charge in [-0.05, 0) is 18.9 Å². The lowest BCUT2D eigenvalue weighted by molar-refractivity contribution is 0.0113. The molecule has 1 fully saturated rings. The van der Waals surface area contributed by atoms with Gasteiger partial charge in [0.2, 0.25) is 0 Å². The quantitative estimate of drug-likeness (QED) is 0.845. The normalized spacial score (nSPS) is 17.9. The van der Waals surface area contributed by atoms with E-state index in [1.165, 1.54) is 6.20 Å². The van der Waals surface area contributed by atoms with E-state index in [9.17, 15) is 5.11 Å². The van der Waals surface area contributed by atoms with Gasteiger partial charge in [-0.25, -0.2) is 4.98 Å². The van der Waals surface area contributed by atoms with Crippen molar-refractivity contribution in [1.29, 1.82) is 0 Å². The Kier molecular flexibility index (Phi) is 3.23. The van der Waals surface area contributed by atoms with Crippen LogP contribution in [0.4, 0.5) is 11.6 Å². The predicted molar refractivity (Wildman–Crippen MR) is 76.0 cm³/mol. The van der Waals surface area contributed by atoms with Gasteiger partial charge < -0.3 is 15.7 Å². The topological polar surface area (TPSA) is 88.2 Å². The summed E-state index contributed by atoms with van der Waals surface area (Å²) in [7, 11) is 0. The van der Waals surface area contributed by atoms with E-state index in [-0.39, 0.29) is 0 Å². The molecule has 0 aromatic carbocycles. The lowest BCUT2D eigenvalue weighted by Crippen LogP contribution is -2.43. The second-order valence-corrected chi connectivity index (χ2v) is 5.06. The number of piperidine rings is 1. The highest BCUT2D eigenvalue weighted by Gasteiger charge is 2.34. The molecule has 0 bridgehead atoms. The number of anilines is 2. The van der Waals surface area contributed by atoms with Crippen LogP contribution in [0.3, 0.4) is 0 Å². The summed E-state index contributed by atoms with van der Waals surface area (Å²) in [5.74, 6) is 1.17. The molecule has 0 radical (unpaired) electrons. The molecule has 0 aliphatic carbocycles. The Morgan fingerprint density at radius 2 is 1.95 bits per heavy atom. The molecule has 3 heterocycles. The monoisotopic (exact) mass is 271 g/mol. The predicted octanol–water partition coefficient (Wildman–Crippen LogP) is 0.942. The lowest BCUT2D eigenvalue weighted by atomic mass is 9.85. The molecular formula is C14H17N5O. The van der Waals surface area contributed by atoms with E-state index in [0.29, 0.717) is 31.7 Å². The van der Waals surface area contributed by atoms with Crippen LogP contribution in [-0.2, 0) is 5.60 Å². The second-order valence-electron chi connectivity index (χ2n) is 5.06. The van der Waals surface area contributed by atoms with Gasteiger partial charge in [-0.3, -0.25) is 9.97 Å². The maximum Gasteiger partial charge on any atom is 0.149 e. The van der Waals surface area contributed by atoms with E-state index in [4.69, 9.17) is 5.73 Å². The van der Waals surface area contributed by atoms with Crippen LogP contribution in [0.15, 0.2) is 36.9 Å². The molecule has 2 aromatic heterocycles. The van der Waals surface area contributed by atoms with Crippen LogP contribution in [0.2, 0.25) is 0 Å². The Labute approximate surface area is 117 Å². The third-order valence-electron chi connectivity index (χ3n) is 3.75. The Morgan fingerprint density at radius 3 is 2.60 bits per heavy atom. The van der Waals surface area contributed by atoms with Crippen molar-refractivity contribution in [2.45, 2.75) is 18.4 Å². The van der Waals surface area contributed by atoms with Gasteiger partial charge in [0.25, 0.3) is 0 Å². The number of rotatable bonds is 2. The number of nitrogens with zero attached hydrogens (tertiary/aromatic N) is 4. The molecule has 1 saturated heterocycles. The molecule has 0 saturated carbocycles. The van der Waals surface area contributed by atoms with E-state index in [0.717, 1.165) is 11.4 Å². The Morgan fingerprint density at radius 1 is 1.15 bits per heavy atom. The van der Waals surface area contributed by atoms with Crippen LogP contribution in [0.5, 0.6) is 0 Å². The second kappa shape index (κ2) is 5.05. The van der Waals surface area contributed by atoms with Gasteiger partial charge in [0.1, 0.15) is 11.6 Å². The summed E-state index contributed by atoms with van der Waals surface area (Å²) in [6.07, 6.45) is 7.94. The van der Waals surface area contributed by atoms with E-state index in [1.807, 2.05) is 12.1 Å². The van der Waals surface area contributed by atoms with Crippen molar-refractivity contribution in [2.75, 3.05) is 23.7 Å². The fourth-order valence-electron chi connectivity index (χ4n) is 2.56. The van der Waals surface area contributed by atoms with Gasteiger partial charge >= 0.3 is 0 Å². The minimum absolute atomic E-state index is 0.413. The zero-order valence-corrected chi connectivity index (χ0v) is 11.1. The summed E-state index contributed by atoms with van der Waals surface area (Å²) in [4.78, 5) is 14.5. The summed E-state index contributed by atoms with van der Waals surface area (Å²) < 4.78 is 0. The third kappa shape index (κ3) is 2.42. The summed E-state index contributed by atoms with van der Waals surface area (Å²) >= 11 is 0. The zero-order chi connectivity index (χ0) is 14.0. The summed E-state index contributed by atoms with van der Waals surface area (Å²) in [5.41, 5.74) is 5.72. The molecule has 6 heteroatoms. The molecule has 104 valence electrons. The number of aliphatic hydroxyl groups is 1. The molecule has 1 aliphatic heterocycles. The van der Waals surface area contributed by atoms with Gasteiger partial charge in [-0.15, -0.1) is 0 Å². The van der Waals surface area contributed by atoms with Crippen LogP contribution in [-0.4, -0.2) is 33.1 Å². The highest BCUT2D eigenvalue weighted by molar-refractivity contribution is 5.42. The van der Waals surface area contributed by atoms with E-state index in [1.54, 1.807) is 18.6 Å². The maximum absolute atomic E-state index is 10.7.